The maximum Gasteiger partial charge on any atom is 0.166 e. The summed E-state index contributed by atoms with van der Waals surface area (Å²) in [5, 5.41) is 3.30. The van der Waals surface area contributed by atoms with Crippen molar-refractivity contribution in [2.45, 2.75) is 33.2 Å². The largest absolute Gasteiger partial charge is 0.311 e. The number of halogens is 2. The molecule has 0 saturated carbocycles. The van der Waals surface area contributed by atoms with Gasteiger partial charge in [0.05, 0.1) is 0 Å². The van der Waals surface area contributed by atoms with Gasteiger partial charge in [-0.2, -0.15) is 0 Å². The van der Waals surface area contributed by atoms with Crippen LogP contribution in [0.3, 0.4) is 0 Å². The Morgan fingerprint density at radius 3 is 2.76 bits per heavy atom. The summed E-state index contributed by atoms with van der Waals surface area (Å²) in [6.45, 7) is 6.93. The van der Waals surface area contributed by atoms with Crippen LogP contribution in [0.5, 0.6) is 0 Å². The van der Waals surface area contributed by atoms with Gasteiger partial charge in [-0.1, -0.05) is 30.7 Å². The first kappa shape index (κ1) is 13.8. The van der Waals surface area contributed by atoms with E-state index < -0.39 is 11.6 Å². The van der Waals surface area contributed by atoms with Crippen LogP contribution in [0, 0.1) is 11.6 Å². The summed E-state index contributed by atoms with van der Waals surface area (Å²) in [6.07, 6.45) is 2.73. The van der Waals surface area contributed by atoms with Crippen molar-refractivity contribution in [2.24, 2.45) is 0 Å². The second kappa shape index (κ2) is 6.50. The number of benzene rings is 1. The molecular formula is C14H19F2N. The van der Waals surface area contributed by atoms with Gasteiger partial charge in [-0.15, -0.1) is 0 Å². The zero-order valence-electron chi connectivity index (χ0n) is 10.6. The summed E-state index contributed by atoms with van der Waals surface area (Å²) in [4.78, 5) is 0. The van der Waals surface area contributed by atoms with Crippen molar-refractivity contribution in [1.82, 2.24) is 5.32 Å². The van der Waals surface area contributed by atoms with E-state index in [9.17, 15) is 8.78 Å². The first-order valence-corrected chi connectivity index (χ1v) is 5.91. The first-order chi connectivity index (χ1) is 8.06. The average molecular weight is 239 g/mol. The van der Waals surface area contributed by atoms with Gasteiger partial charge in [0.15, 0.2) is 11.6 Å². The van der Waals surface area contributed by atoms with Crippen LogP contribution in [0.2, 0.25) is 0 Å². The fourth-order valence-corrected chi connectivity index (χ4v) is 1.52. The zero-order chi connectivity index (χ0) is 12.8. The van der Waals surface area contributed by atoms with E-state index >= 15 is 0 Å². The van der Waals surface area contributed by atoms with E-state index in [1.54, 1.807) is 12.1 Å². The van der Waals surface area contributed by atoms with Crippen molar-refractivity contribution in [3.8, 4) is 0 Å². The predicted octanol–water partition coefficient (Wildman–Crippen LogP) is 3.76. The van der Waals surface area contributed by atoms with Crippen LogP contribution >= 0.6 is 0 Å². The highest BCUT2D eigenvalue weighted by Crippen LogP contribution is 2.16. The van der Waals surface area contributed by atoms with Gasteiger partial charge in [0, 0.05) is 11.6 Å². The molecule has 3 heteroatoms. The van der Waals surface area contributed by atoms with Gasteiger partial charge >= 0.3 is 0 Å². The molecular weight excluding hydrogens is 220 g/mol. The van der Waals surface area contributed by atoms with Crippen molar-refractivity contribution in [3.05, 3.63) is 41.0 Å². The van der Waals surface area contributed by atoms with Crippen LogP contribution in [-0.2, 0) is 0 Å². The third kappa shape index (κ3) is 3.93. The van der Waals surface area contributed by atoms with E-state index in [1.165, 1.54) is 6.07 Å². The molecule has 0 amide bonds. The van der Waals surface area contributed by atoms with E-state index in [2.05, 4.69) is 12.2 Å². The minimum Gasteiger partial charge on any atom is -0.311 e. The predicted molar refractivity (Wildman–Crippen MR) is 67.8 cm³/mol. The third-order valence-electron chi connectivity index (χ3n) is 2.75. The zero-order valence-corrected chi connectivity index (χ0v) is 10.6. The van der Waals surface area contributed by atoms with E-state index in [0.717, 1.165) is 24.6 Å². The fourth-order valence-electron chi connectivity index (χ4n) is 1.52. The van der Waals surface area contributed by atoms with Crippen molar-refractivity contribution in [1.29, 1.82) is 0 Å². The Bertz CT molecular complexity index is 399. The lowest BCUT2D eigenvalue weighted by atomic mass is 10.1. The summed E-state index contributed by atoms with van der Waals surface area (Å²) < 4.78 is 26.5. The number of hydrogen-bond donors (Lipinski definition) is 1. The van der Waals surface area contributed by atoms with E-state index in [1.807, 2.05) is 13.8 Å². The van der Waals surface area contributed by atoms with Crippen LogP contribution in [0.25, 0.3) is 6.08 Å². The molecule has 0 fully saturated rings. The van der Waals surface area contributed by atoms with Gasteiger partial charge in [-0.3, -0.25) is 0 Å². The van der Waals surface area contributed by atoms with Crippen molar-refractivity contribution in [3.63, 3.8) is 0 Å². The van der Waals surface area contributed by atoms with Gasteiger partial charge in [0.1, 0.15) is 0 Å². The molecule has 0 aliphatic rings. The highest BCUT2D eigenvalue weighted by atomic mass is 19.2. The van der Waals surface area contributed by atoms with Gasteiger partial charge in [-0.05, 0) is 32.9 Å². The minimum absolute atomic E-state index is 0.164. The molecule has 0 saturated heterocycles. The topological polar surface area (TPSA) is 12.0 Å². The molecule has 0 aliphatic heterocycles. The van der Waals surface area contributed by atoms with Crippen LogP contribution in [-0.4, -0.2) is 12.6 Å². The van der Waals surface area contributed by atoms with E-state index in [-0.39, 0.29) is 6.04 Å². The molecule has 1 unspecified atom stereocenters. The van der Waals surface area contributed by atoms with Crippen LogP contribution in [0.4, 0.5) is 8.78 Å². The summed E-state index contributed by atoms with van der Waals surface area (Å²) in [6, 6.07) is 4.38. The normalized spacial score (nSPS) is 13.8. The highest BCUT2D eigenvalue weighted by molar-refractivity contribution is 5.54. The Kier molecular flexibility index (Phi) is 5.29. The van der Waals surface area contributed by atoms with Crippen molar-refractivity contribution in [2.75, 3.05) is 6.54 Å². The summed E-state index contributed by atoms with van der Waals surface area (Å²) in [5.41, 5.74) is 1.29. The van der Waals surface area contributed by atoms with Crippen LogP contribution in [0.15, 0.2) is 23.8 Å². The monoisotopic (exact) mass is 239 g/mol. The molecule has 1 aromatic rings. The summed E-state index contributed by atoms with van der Waals surface area (Å²) in [5.74, 6) is -1.59. The molecule has 0 bridgehead atoms. The molecule has 1 N–H and O–H groups in total. The quantitative estimate of drug-likeness (QED) is 0.825. The molecule has 0 aliphatic carbocycles. The molecule has 0 radical (unpaired) electrons. The first-order valence-electron chi connectivity index (χ1n) is 5.91. The number of nitrogens with one attached hydrogen (secondary N) is 1. The lowest BCUT2D eigenvalue weighted by Crippen LogP contribution is -2.27. The molecule has 0 spiro atoms. The molecule has 1 aromatic carbocycles. The van der Waals surface area contributed by atoms with Gasteiger partial charge in [0.2, 0.25) is 0 Å². The van der Waals surface area contributed by atoms with E-state index in [0.29, 0.717) is 5.56 Å². The average Bonchev–Trinajstić information content (AvgIpc) is 2.31. The minimum atomic E-state index is -0.805. The fraction of sp³-hybridized carbons (Fsp3) is 0.429. The highest BCUT2D eigenvalue weighted by Gasteiger charge is 2.07. The molecule has 1 atom stereocenters. The maximum absolute atomic E-state index is 13.4. The van der Waals surface area contributed by atoms with Gasteiger partial charge in [-0.25, -0.2) is 8.78 Å². The number of hydrogen-bond acceptors (Lipinski definition) is 1. The lowest BCUT2D eigenvalue weighted by Gasteiger charge is -2.14. The van der Waals surface area contributed by atoms with Crippen LogP contribution < -0.4 is 5.32 Å². The van der Waals surface area contributed by atoms with Crippen LogP contribution in [0.1, 0.15) is 32.8 Å². The lowest BCUT2D eigenvalue weighted by molar-refractivity contribution is 0.506. The Morgan fingerprint density at radius 1 is 1.41 bits per heavy atom. The Labute approximate surface area is 102 Å². The second-order valence-corrected chi connectivity index (χ2v) is 4.21. The molecule has 94 valence electrons. The Morgan fingerprint density at radius 2 is 2.12 bits per heavy atom. The Balaban J connectivity index is 2.83. The second-order valence-electron chi connectivity index (χ2n) is 4.21. The van der Waals surface area contributed by atoms with Gasteiger partial charge < -0.3 is 5.32 Å². The molecule has 1 rings (SSSR count). The number of rotatable bonds is 5. The molecule has 1 nitrogen and oxygen atoms in total. The summed E-state index contributed by atoms with van der Waals surface area (Å²) in [7, 11) is 0. The summed E-state index contributed by atoms with van der Waals surface area (Å²) >= 11 is 0. The Hall–Kier alpha value is -1.22. The van der Waals surface area contributed by atoms with E-state index in [4.69, 9.17) is 0 Å². The SMILES string of the molecule is CCCNC(C)/C(C)=C/c1cccc(F)c1F. The molecule has 17 heavy (non-hydrogen) atoms. The van der Waals surface area contributed by atoms with Crippen molar-refractivity contribution >= 4 is 6.08 Å². The maximum atomic E-state index is 13.4. The smallest absolute Gasteiger partial charge is 0.166 e. The molecule has 0 aromatic heterocycles. The molecule has 0 heterocycles. The van der Waals surface area contributed by atoms with Crippen molar-refractivity contribution < 1.29 is 8.78 Å². The van der Waals surface area contributed by atoms with Gasteiger partial charge in [0.25, 0.3) is 0 Å². The third-order valence-corrected chi connectivity index (χ3v) is 2.75. The standard InChI is InChI=1S/C14H19F2N/c1-4-8-17-11(3)10(2)9-12-6-5-7-13(15)14(12)16/h5-7,9,11,17H,4,8H2,1-3H3/b10-9+.